The number of nitrogens with one attached hydrogen (secondary N) is 2. The molecule has 0 radical (unpaired) electrons. The maximum atomic E-state index is 15.6. The van der Waals surface area contributed by atoms with Crippen LogP contribution in [0.3, 0.4) is 0 Å². The van der Waals surface area contributed by atoms with Gasteiger partial charge in [-0.05, 0) is 49.6 Å². The van der Waals surface area contributed by atoms with Crippen LogP contribution in [0.5, 0.6) is 0 Å². The molecule has 4 nitrogen and oxygen atoms in total. The normalized spacial score (nSPS) is 20.8. The van der Waals surface area contributed by atoms with Crippen molar-refractivity contribution in [3.05, 3.63) is 64.4 Å². The first-order chi connectivity index (χ1) is 18.1. The number of anilines is 1. The first kappa shape index (κ1) is 26.4. The maximum absolute atomic E-state index is 15.6. The zero-order valence-electron chi connectivity index (χ0n) is 20.8. The number of benzene rings is 2. The zero-order chi connectivity index (χ0) is 27.2. The Hall–Kier alpha value is -3.16. The molecule has 3 aromatic rings. The fourth-order valence-electron chi connectivity index (χ4n) is 5.71. The molecule has 2 aromatic carbocycles. The van der Waals surface area contributed by atoms with E-state index < -0.39 is 48.7 Å². The van der Waals surface area contributed by atoms with E-state index in [0.29, 0.717) is 42.8 Å². The summed E-state index contributed by atoms with van der Waals surface area (Å²) in [5.74, 6) is 0.669. The van der Waals surface area contributed by atoms with Crippen molar-refractivity contribution in [2.24, 2.45) is 0 Å². The molecule has 10 heteroatoms. The Labute approximate surface area is 217 Å². The number of alkyl halides is 4. The van der Waals surface area contributed by atoms with Gasteiger partial charge in [-0.2, -0.15) is 13.2 Å². The van der Waals surface area contributed by atoms with Gasteiger partial charge in [0, 0.05) is 59.1 Å². The molecule has 1 saturated heterocycles. The van der Waals surface area contributed by atoms with Crippen LogP contribution in [0.25, 0.3) is 10.9 Å². The molecule has 1 aromatic heterocycles. The van der Waals surface area contributed by atoms with E-state index in [9.17, 15) is 17.6 Å². The third-order valence-electron chi connectivity index (χ3n) is 7.43. The van der Waals surface area contributed by atoms with Crippen molar-refractivity contribution in [2.45, 2.75) is 44.1 Å². The quantitative estimate of drug-likeness (QED) is 0.298. The molecule has 0 spiro atoms. The van der Waals surface area contributed by atoms with E-state index in [0.717, 1.165) is 28.0 Å². The molecule has 0 aliphatic carbocycles. The highest BCUT2D eigenvalue weighted by Gasteiger charge is 2.44. The largest absolute Gasteiger partial charge is 0.401 e. The van der Waals surface area contributed by atoms with Crippen LogP contribution in [0.1, 0.15) is 41.8 Å². The highest BCUT2D eigenvalue weighted by molar-refractivity contribution is 5.86. The number of aromatic amines is 1. The molecule has 2 atom stereocenters. The molecule has 3 heterocycles. The smallest absolute Gasteiger partial charge is 0.380 e. The summed E-state index contributed by atoms with van der Waals surface area (Å²) < 4.78 is 84.6. The Morgan fingerprint density at radius 3 is 2.47 bits per heavy atom. The maximum Gasteiger partial charge on any atom is 0.401 e. The minimum atomic E-state index is -4.57. The van der Waals surface area contributed by atoms with Gasteiger partial charge in [-0.25, -0.2) is 8.78 Å². The van der Waals surface area contributed by atoms with Gasteiger partial charge < -0.3 is 10.3 Å². The van der Waals surface area contributed by atoms with Crippen LogP contribution in [0, 0.1) is 24.0 Å². The second kappa shape index (κ2) is 10.2. The average molecular weight is 535 g/mol. The van der Waals surface area contributed by atoms with Crippen LogP contribution in [-0.4, -0.2) is 65.9 Å². The molecule has 0 bridgehead atoms. The van der Waals surface area contributed by atoms with Gasteiger partial charge in [0.05, 0.1) is 25.3 Å². The summed E-state index contributed by atoms with van der Waals surface area (Å²) >= 11 is 0. The Morgan fingerprint density at radius 2 is 1.84 bits per heavy atom. The number of aromatic nitrogens is 1. The third kappa shape index (κ3) is 5.09. The topological polar surface area (TPSA) is 34.3 Å². The summed E-state index contributed by atoms with van der Waals surface area (Å²) in [7, 11) is 0. The molecule has 38 heavy (non-hydrogen) atoms. The number of H-pyrrole nitrogens is 1. The first-order valence-electron chi connectivity index (χ1n) is 12.6. The Balaban J connectivity index is 1.52. The van der Waals surface area contributed by atoms with E-state index in [1.54, 1.807) is 25.1 Å². The lowest BCUT2D eigenvalue weighted by atomic mass is 9.88. The Bertz CT molecular complexity index is 1350. The third-order valence-corrected chi connectivity index (χ3v) is 7.43. The monoisotopic (exact) mass is 534 g/mol. The van der Waals surface area contributed by atoms with E-state index in [4.69, 9.17) is 6.42 Å². The van der Waals surface area contributed by atoms with E-state index in [2.05, 4.69) is 16.2 Å². The summed E-state index contributed by atoms with van der Waals surface area (Å²) in [5, 5.41) is 3.84. The molecular formula is C28H28F6N4. The number of halogens is 6. The van der Waals surface area contributed by atoms with Crippen molar-refractivity contribution in [2.75, 3.05) is 38.2 Å². The molecule has 1 fully saturated rings. The van der Waals surface area contributed by atoms with E-state index >= 15 is 8.78 Å². The minimum absolute atomic E-state index is 0.0543. The molecule has 5 rings (SSSR count). The van der Waals surface area contributed by atoms with E-state index in [1.807, 2.05) is 4.90 Å². The zero-order valence-corrected chi connectivity index (χ0v) is 20.8. The standard InChI is InChI=1S/C28H28F6N4/c1-3-17-5-6-20-21-9-16(2)38(15-28(32,33)34)27(26(21)36-24(20)10-17)25-22(30)11-18(12-23(25)31)35-19-13-37(14-19)8-4-7-29/h1,5-6,10-12,16,19,27,35-36H,4,7-9,13-15H2,2H3. The predicted octanol–water partition coefficient (Wildman–Crippen LogP) is 5.78. The van der Waals surface area contributed by atoms with Crippen LogP contribution >= 0.6 is 0 Å². The summed E-state index contributed by atoms with van der Waals surface area (Å²) in [5.41, 5.74) is 2.02. The lowest BCUT2D eigenvalue weighted by Crippen LogP contribution is -2.54. The van der Waals surface area contributed by atoms with Crippen molar-refractivity contribution in [3.8, 4) is 12.3 Å². The summed E-state index contributed by atoms with van der Waals surface area (Å²) in [6, 6.07) is 5.49. The second-order valence-corrected chi connectivity index (χ2v) is 10.2. The van der Waals surface area contributed by atoms with Crippen molar-refractivity contribution >= 4 is 16.6 Å². The number of hydrogen-bond donors (Lipinski definition) is 2. The van der Waals surface area contributed by atoms with Crippen molar-refractivity contribution in [1.82, 2.24) is 14.8 Å². The average Bonchev–Trinajstić information content (AvgIpc) is 3.18. The minimum Gasteiger partial charge on any atom is -0.380 e. The fourth-order valence-corrected chi connectivity index (χ4v) is 5.71. The van der Waals surface area contributed by atoms with Crippen LogP contribution in [0.2, 0.25) is 0 Å². The molecule has 2 N–H and O–H groups in total. The van der Waals surface area contributed by atoms with Crippen LogP contribution in [0.4, 0.5) is 32.0 Å². The Morgan fingerprint density at radius 1 is 1.13 bits per heavy atom. The predicted molar refractivity (Wildman–Crippen MR) is 135 cm³/mol. The van der Waals surface area contributed by atoms with Crippen LogP contribution < -0.4 is 5.32 Å². The SMILES string of the molecule is C#Cc1ccc2c3c([nH]c2c1)C(c1c(F)cc(NC2CN(CCCF)C2)cc1F)N(CC(F)(F)F)C(C)C3. The highest BCUT2D eigenvalue weighted by atomic mass is 19.4. The molecule has 0 amide bonds. The van der Waals surface area contributed by atoms with Crippen molar-refractivity contribution < 1.29 is 26.3 Å². The first-order valence-corrected chi connectivity index (χ1v) is 12.6. The number of fused-ring (bicyclic) bond motifs is 3. The summed E-state index contributed by atoms with van der Waals surface area (Å²) in [4.78, 5) is 6.26. The Kier molecular flexibility index (Phi) is 7.09. The number of likely N-dealkylation sites (tertiary alicyclic amines) is 1. The fraction of sp³-hybridized carbons (Fsp3) is 0.429. The van der Waals surface area contributed by atoms with Gasteiger partial charge in [-0.1, -0.05) is 12.0 Å². The van der Waals surface area contributed by atoms with Crippen molar-refractivity contribution in [3.63, 3.8) is 0 Å². The summed E-state index contributed by atoms with van der Waals surface area (Å²) in [6.45, 7) is 1.75. The molecule has 202 valence electrons. The highest BCUT2D eigenvalue weighted by Crippen LogP contribution is 2.44. The molecular weight excluding hydrogens is 506 g/mol. The van der Waals surface area contributed by atoms with Gasteiger partial charge in [-0.15, -0.1) is 6.42 Å². The van der Waals surface area contributed by atoms with Gasteiger partial charge in [0.25, 0.3) is 0 Å². The molecule has 2 unspecified atom stereocenters. The van der Waals surface area contributed by atoms with Gasteiger partial charge in [-0.3, -0.25) is 14.2 Å². The van der Waals surface area contributed by atoms with Crippen LogP contribution in [-0.2, 0) is 6.42 Å². The van der Waals surface area contributed by atoms with Gasteiger partial charge in [0.15, 0.2) is 0 Å². The number of rotatable bonds is 7. The van der Waals surface area contributed by atoms with Gasteiger partial charge in [0.2, 0.25) is 0 Å². The number of hydrogen-bond acceptors (Lipinski definition) is 3. The summed E-state index contributed by atoms with van der Waals surface area (Å²) in [6.07, 6.45) is 1.64. The van der Waals surface area contributed by atoms with Crippen LogP contribution in [0.15, 0.2) is 30.3 Å². The molecule has 0 saturated carbocycles. The lowest BCUT2D eigenvalue weighted by Gasteiger charge is -2.41. The number of terminal acetylenes is 1. The van der Waals surface area contributed by atoms with Crippen molar-refractivity contribution in [1.29, 1.82) is 0 Å². The van der Waals surface area contributed by atoms with Gasteiger partial charge in [0.1, 0.15) is 11.6 Å². The number of nitrogens with zero attached hydrogens (tertiary/aromatic N) is 2. The van der Waals surface area contributed by atoms with Gasteiger partial charge >= 0.3 is 6.18 Å². The molecule has 2 aliphatic heterocycles. The molecule has 2 aliphatic rings. The van der Waals surface area contributed by atoms with E-state index in [-0.39, 0.29) is 18.2 Å². The second-order valence-electron chi connectivity index (χ2n) is 10.2. The lowest BCUT2D eigenvalue weighted by molar-refractivity contribution is -0.155. The van der Waals surface area contributed by atoms with E-state index in [1.165, 1.54) is 0 Å².